The third-order valence-corrected chi connectivity index (χ3v) is 0.129. The zero-order chi connectivity index (χ0) is 11.4. The summed E-state index contributed by atoms with van der Waals surface area (Å²) in [4.78, 5) is 30.5. The first-order chi connectivity index (χ1) is 5.73. The topological polar surface area (TPSA) is 121 Å². The Balaban J connectivity index is -0.000000117. The Kier molecular flexibility index (Phi) is 17.4. The molecule has 0 aromatic carbocycles. The van der Waals surface area contributed by atoms with E-state index in [0.29, 0.717) is 0 Å². The van der Waals surface area contributed by atoms with Gasteiger partial charge in [0, 0.05) is 20.8 Å². The number of carbonyl (C=O) groups excluding carboxylic acids is 1. The minimum absolute atomic E-state index is 0.690. The Morgan fingerprint density at radius 1 is 0.923 bits per heavy atom. The summed E-state index contributed by atoms with van der Waals surface area (Å²) in [7, 11) is 0. The summed E-state index contributed by atoms with van der Waals surface area (Å²) in [5.74, 6) is -2.36. The summed E-state index contributed by atoms with van der Waals surface area (Å²) in [5, 5.41) is 22.1. The second kappa shape index (κ2) is 13.0. The molecule has 0 aliphatic carbocycles. The fourth-order valence-corrected chi connectivity index (χ4v) is 0. The van der Waals surface area contributed by atoms with Crippen LogP contribution in [0.25, 0.3) is 0 Å². The Morgan fingerprint density at radius 2 is 1.00 bits per heavy atom. The van der Waals surface area contributed by atoms with Crippen molar-refractivity contribution in [3.63, 3.8) is 0 Å². The van der Waals surface area contributed by atoms with Gasteiger partial charge in [0.15, 0.2) is 0 Å². The van der Waals surface area contributed by atoms with Gasteiger partial charge in [-0.15, -0.1) is 0 Å². The van der Waals surface area contributed by atoms with E-state index in [0.717, 1.165) is 20.8 Å². The van der Waals surface area contributed by atoms with E-state index in [1.807, 2.05) is 0 Å². The molecule has 0 saturated heterocycles. The molecule has 0 aliphatic rings. The van der Waals surface area contributed by atoms with Crippen LogP contribution in [0.3, 0.4) is 0 Å². The van der Waals surface area contributed by atoms with E-state index in [-0.39, 0.29) is 0 Å². The van der Waals surface area contributed by atoms with Crippen LogP contribution in [-0.2, 0) is 19.3 Å². The van der Waals surface area contributed by atoms with Gasteiger partial charge < -0.3 is 15.1 Å². The largest absolute Gasteiger partial charge is 0.481 e. The van der Waals surface area contributed by atoms with Crippen molar-refractivity contribution >= 4 is 17.9 Å². The van der Waals surface area contributed by atoms with Gasteiger partial charge in [-0.25, -0.2) is 4.79 Å². The molecule has 0 rings (SSSR count). The maximum atomic E-state index is 9.34. The summed E-state index contributed by atoms with van der Waals surface area (Å²) in [6, 6.07) is 0. The molecule has 0 aromatic rings. The predicted molar refractivity (Wildman–Crippen MR) is 41.0 cm³/mol. The van der Waals surface area contributed by atoms with E-state index in [9.17, 15) is 4.79 Å². The summed E-state index contributed by atoms with van der Waals surface area (Å²) in [6.07, 6.45) is 0. The molecule has 0 amide bonds. The summed E-state index contributed by atoms with van der Waals surface area (Å²) in [6.45, 7) is 3.28. The maximum Gasteiger partial charge on any atom is 0.339 e. The summed E-state index contributed by atoms with van der Waals surface area (Å²) in [5.41, 5.74) is 0. The molecule has 3 N–H and O–H groups in total. The SMILES string of the molecule is CC(=O)O.CC(=O)O.CC(=O)OO. The zero-order valence-corrected chi connectivity index (χ0v) is 7.47. The number of aliphatic carboxylic acids is 2. The highest BCUT2D eigenvalue weighted by Crippen LogP contribution is 1.59. The number of rotatable bonds is 0. The lowest BCUT2D eigenvalue weighted by Crippen LogP contribution is -1.89. The lowest BCUT2D eigenvalue weighted by atomic mass is 10.9. The fourth-order valence-electron chi connectivity index (χ4n) is 0. The third-order valence-electron chi connectivity index (χ3n) is 0.129. The van der Waals surface area contributed by atoms with Crippen molar-refractivity contribution in [1.82, 2.24) is 0 Å². The monoisotopic (exact) mass is 196 g/mol. The predicted octanol–water partition coefficient (Wildman–Crippen LogP) is 0.204. The molecule has 0 aliphatic heterocycles. The van der Waals surface area contributed by atoms with Gasteiger partial charge in [-0.1, -0.05) is 0 Å². The van der Waals surface area contributed by atoms with Gasteiger partial charge >= 0.3 is 5.97 Å². The van der Waals surface area contributed by atoms with Crippen molar-refractivity contribution in [2.45, 2.75) is 20.8 Å². The molecule has 0 radical (unpaired) electrons. The van der Waals surface area contributed by atoms with E-state index in [2.05, 4.69) is 4.89 Å². The van der Waals surface area contributed by atoms with Crippen LogP contribution in [0.1, 0.15) is 20.8 Å². The normalized spacial score (nSPS) is 6.46. The maximum absolute atomic E-state index is 9.34. The molecule has 0 aromatic heterocycles. The Bertz CT molecular complexity index is 142. The highest BCUT2D eigenvalue weighted by molar-refractivity contribution is 5.64. The number of hydrogen-bond acceptors (Lipinski definition) is 5. The summed E-state index contributed by atoms with van der Waals surface area (Å²) >= 11 is 0. The van der Waals surface area contributed by atoms with Gasteiger partial charge in [-0.3, -0.25) is 9.59 Å². The van der Waals surface area contributed by atoms with Crippen LogP contribution >= 0.6 is 0 Å². The van der Waals surface area contributed by atoms with E-state index in [4.69, 9.17) is 25.1 Å². The number of carboxylic acids is 2. The number of carbonyl (C=O) groups is 3. The second-order valence-corrected chi connectivity index (χ2v) is 1.62. The minimum Gasteiger partial charge on any atom is -0.481 e. The van der Waals surface area contributed by atoms with E-state index in [1.165, 1.54) is 0 Å². The van der Waals surface area contributed by atoms with Crippen LogP contribution in [0.4, 0.5) is 0 Å². The van der Waals surface area contributed by atoms with Crippen molar-refractivity contribution in [3.05, 3.63) is 0 Å². The molecule has 0 spiro atoms. The molecule has 7 nitrogen and oxygen atoms in total. The second-order valence-electron chi connectivity index (χ2n) is 1.62. The lowest BCUT2D eigenvalue weighted by Gasteiger charge is -1.76. The van der Waals surface area contributed by atoms with E-state index >= 15 is 0 Å². The van der Waals surface area contributed by atoms with Crippen LogP contribution in [0, 0.1) is 0 Å². The van der Waals surface area contributed by atoms with Crippen LogP contribution in [0.2, 0.25) is 0 Å². The Hall–Kier alpha value is -1.63. The average Bonchev–Trinajstić information content (AvgIpc) is 1.84. The highest BCUT2D eigenvalue weighted by Gasteiger charge is 1.79. The zero-order valence-electron chi connectivity index (χ0n) is 7.47. The van der Waals surface area contributed by atoms with Gasteiger partial charge in [0.05, 0.1) is 0 Å². The Labute approximate surface area is 74.5 Å². The van der Waals surface area contributed by atoms with Crippen molar-refractivity contribution < 1.29 is 34.7 Å². The smallest absolute Gasteiger partial charge is 0.339 e. The first kappa shape index (κ1) is 17.5. The van der Waals surface area contributed by atoms with Gasteiger partial charge in [-0.05, 0) is 0 Å². The van der Waals surface area contributed by atoms with Crippen LogP contribution in [0.5, 0.6) is 0 Å². The molecule has 0 unspecified atom stereocenters. The molecule has 0 saturated carbocycles. The van der Waals surface area contributed by atoms with Gasteiger partial charge in [0.2, 0.25) is 0 Å². The van der Waals surface area contributed by atoms with E-state index in [1.54, 1.807) is 0 Å². The van der Waals surface area contributed by atoms with Crippen molar-refractivity contribution in [2.75, 3.05) is 0 Å². The number of carboxylic acid groups (broad SMARTS) is 2. The molecule has 13 heavy (non-hydrogen) atoms. The molecule has 0 fully saturated rings. The van der Waals surface area contributed by atoms with Gasteiger partial charge in [0.1, 0.15) is 0 Å². The molecule has 0 heterocycles. The third kappa shape index (κ3) is 5310. The van der Waals surface area contributed by atoms with Crippen LogP contribution in [0.15, 0.2) is 0 Å². The molecule has 0 bridgehead atoms. The lowest BCUT2D eigenvalue weighted by molar-refractivity contribution is -0.231. The van der Waals surface area contributed by atoms with Gasteiger partial charge in [0.25, 0.3) is 11.9 Å². The van der Waals surface area contributed by atoms with E-state index < -0.39 is 17.9 Å². The standard InChI is InChI=1S/C2H4O3.2C2H4O2/c1-2(3)5-4;2*1-2(3)4/h4H,1H3;2*1H3,(H,3,4). The summed E-state index contributed by atoms with van der Waals surface area (Å²) < 4.78 is 0. The molecule has 0 atom stereocenters. The van der Waals surface area contributed by atoms with Crippen molar-refractivity contribution in [1.29, 1.82) is 0 Å². The van der Waals surface area contributed by atoms with Gasteiger partial charge in [-0.2, -0.15) is 5.26 Å². The number of hydrogen-bond donors (Lipinski definition) is 3. The quantitative estimate of drug-likeness (QED) is 0.373. The Morgan fingerprint density at radius 3 is 1.00 bits per heavy atom. The molecule has 7 heteroatoms. The molecule has 78 valence electrons. The molecular formula is C6H12O7. The first-order valence-corrected chi connectivity index (χ1v) is 2.95. The average molecular weight is 196 g/mol. The van der Waals surface area contributed by atoms with Crippen molar-refractivity contribution in [2.24, 2.45) is 0 Å². The van der Waals surface area contributed by atoms with Crippen LogP contribution in [-0.4, -0.2) is 33.4 Å². The van der Waals surface area contributed by atoms with Crippen LogP contribution < -0.4 is 0 Å². The minimum atomic E-state index is -0.833. The molecular weight excluding hydrogens is 184 g/mol. The highest BCUT2D eigenvalue weighted by atomic mass is 17.1. The first-order valence-electron chi connectivity index (χ1n) is 2.95. The fraction of sp³-hybridized carbons (Fsp3) is 0.500. The van der Waals surface area contributed by atoms with Crippen molar-refractivity contribution in [3.8, 4) is 0 Å².